The summed E-state index contributed by atoms with van der Waals surface area (Å²) in [6.45, 7) is 0.499. The van der Waals surface area contributed by atoms with Crippen molar-refractivity contribution in [3.63, 3.8) is 0 Å². The van der Waals surface area contributed by atoms with Gasteiger partial charge in [-0.2, -0.15) is 0 Å². The Morgan fingerprint density at radius 3 is 3.00 bits per heavy atom. The molecule has 1 aliphatic heterocycles. The van der Waals surface area contributed by atoms with E-state index in [1.54, 1.807) is 6.07 Å². The molecule has 0 radical (unpaired) electrons. The van der Waals surface area contributed by atoms with Crippen molar-refractivity contribution in [2.24, 2.45) is 4.99 Å². The summed E-state index contributed by atoms with van der Waals surface area (Å²) in [4.78, 5) is 14.6. The Balaban J connectivity index is 1.96. The number of nitrogens with zero attached hydrogens (tertiary/aromatic N) is 1. The molecular formula is C12H12ClNO3. The predicted molar refractivity (Wildman–Crippen MR) is 64.4 cm³/mol. The number of rotatable bonds is 4. The molecule has 0 aromatic heterocycles. The van der Waals surface area contributed by atoms with Crippen LogP contribution >= 0.6 is 11.6 Å². The molecule has 0 bridgehead atoms. The molecule has 0 amide bonds. The van der Waals surface area contributed by atoms with Crippen LogP contribution in [0.3, 0.4) is 0 Å². The van der Waals surface area contributed by atoms with Crippen LogP contribution in [0.15, 0.2) is 29.3 Å². The molecule has 0 spiro atoms. The van der Waals surface area contributed by atoms with Crippen molar-refractivity contribution < 1.29 is 14.6 Å². The molecule has 90 valence electrons. The highest BCUT2D eigenvalue weighted by atomic mass is 35.5. The van der Waals surface area contributed by atoms with Crippen molar-refractivity contribution in [3.8, 4) is 0 Å². The van der Waals surface area contributed by atoms with Gasteiger partial charge in [-0.05, 0) is 6.07 Å². The van der Waals surface area contributed by atoms with Crippen LogP contribution < -0.4 is 0 Å². The van der Waals surface area contributed by atoms with E-state index in [1.807, 2.05) is 18.2 Å². The van der Waals surface area contributed by atoms with E-state index in [0.717, 1.165) is 5.56 Å². The molecule has 17 heavy (non-hydrogen) atoms. The van der Waals surface area contributed by atoms with Crippen molar-refractivity contribution >= 4 is 23.5 Å². The number of ether oxygens (including phenoxy) is 1. The number of carbonyl (C=O) groups is 1. The van der Waals surface area contributed by atoms with Gasteiger partial charge in [0, 0.05) is 17.0 Å². The highest BCUT2D eigenvalue weighted by Crippen LogP contribution is 2.29. The van der Waals surface area contributed by atoms with Crippen LogP contribution in [0.2, 0.25) is 5.02 Å². The second-order valence-electron chi connectivity index (χ2n) is 3.76. The number of carboxylic acids is 1. The second kappa shape index (κ2) is 5.19. The summed E-state index contributed by atoms with van der Waals surface area (Å²) >= 11 is 6.05. The van der Waals surface area contributed by atoms with Crippen molar-refractivity contribution in [3.05, 3.63) is 34.9 Å². The molecule has 2 rings (SSSR count). The van der Waals surface area contributed by atoms with Gasteiger partial charge in [0.05, 0.1) is 13.0 Å². The Kier molecular flexibility index (Phi) is 3.64. The van der Waals surface area contributed by atoms with Gasteiger partial charge in [-0.15, -0.1) is 0 Å². The van der Waals surface area contributed by atoms with Crippen LogP contribution in [-0.2, 0) is 9.53 Å². The van der Waals surface area contributed by atoms with Gasteiger partial charge in [-0.3, -0.25) is 9.79 Å². The number of hydrogen-bond acceptors (Lipinski definition) is 3. The Morgan fingerprint density at radius 1 is 1.53 bits per heavy atom. The maximum absolute atomic E-state index is 10.4. The van der Waals surface area contributed by atoms with E-state index >= 15 is 0 Å². The molecule has 1 heterocycles. The fraction of sp³-hybridized carbons (Fsp3) is 0.333. The smallest absolute Gasteiger partial charge is 0.303 e. The lowest BCUT2D eigenvalue weighted by Gasteiger charge is -2.12. The number of aliphatic carboxylic acids is 1. The van der Waals surface area contributed by atoms with Crippen LogP contribution in [0.4, 0.5) is 0 Å². The quantitative estimate of drug-likeness (QED) is 0.897. The van der Waals surface area contributed by atoms with Crippen LogP contribution in [0, 0.1) is 0 Å². The molecule has 0 saturated carbocycles. The van der Waals surface area contributed by atoms with Crippen LogP contribution in [0.25, 0.3) is 0 Å². The van der Waals surface area contributed by atoms with Crippen molar-refractivity contribution in [2.75, 3.05) is 6.54 Å². The summed E-state index contributed by atoms with van der Waals surface area (Å²) < 4.78 is 5.58. The van der Waals surface area contributed by atoms with Crippen LogP contribution in [0.5, 0.6) is 0 Å². The molecular weight excluding hydrogens is 242 g/mol. The summed E-state index contributed by atoms with van der Waals surface area (Å²) in [5.41, 5.74) is 0.892. The fourth-order valence-electron chi connectivity index (χ4n) is 1.67. The number of hydrogen-bond donors (Lipinski definition) is 1. The van der Waals surface area contributed by atoms with Crippen molar-refractivity contribution in [2.45, 2.75) is 18.9 Å². The zero-order valence-corrected chi connectivity index (χ0v) is 9.85. The number of carboxylic acid groups (broad SMARTS) is 1. The first kappa shape index (κ1) is 11.9. The van der Waals surface area contributed by atoms with Gasteiger partial charge in [0.25, 0.3) is 0 Å². The van der Waals surface area contributed by atoms with Gasteiger partial charge in [0.1, 0.15) is 6.10 Å². The van der Waals surface area contributed by atoms with Gasteiger partial charge in [0.15, 0.2) is 5.90 Å². The maximum Gasteiger partial charge on any atom is 0.303 e. The third-order valence-corrected chi connectivity index (χ3v) is 2.86. The van der Waals surface area contributed by atoms with Crippen molar-refractivity contribution in [1.29, 1.82) is 0 Å². The van der Waals surface area contributed by atoms with Crippen molar-refractivity contribution in [1.82, 2.24) is 0 Å². The van der Waals surface area contributed by atoms with Gasteiger partial charge in [-0.25, -0.2) is 0 Å². The molecule has 1 aliphatic rings. The summed E-state index contributed by atoms with van der Waals surface area (Å²) in [7, 11) is 0. The monoisotopic (exact) mass is 253 g/mol. The second-order valence-corrected chi connectivity index (χ2v) is 4.16. The lowest BCUT2D eigenvalue weighted by atomic mass is 10.1. The molecule has 1 atom stereocenters. The topological polar surface area (TPSA) is 58.9 Å². The number of aliphatic imine (C=N–C) groups is 1. The summed E-state index contributed by atoms with van der Waals surface area (Å²) in [5.74, 6) is -0.352. The van der Waals surface area contributed by atoms with Crippen LogP contribution in [0.1, 0.15) is 24.5 Å². The standard InChI is InChI=1S/C12H12ClNO3/c13-9-4-2-1-3-8(9)10-7-14-11(17-10)5-6-12(15)16/h1-4,10H,5-7H2,(H,15,16). The Bertz CT molecular complexity index is 459. The van der Waals surface area contributed by atoms with E-state index in [2.05, 4.69) is 4.99 Å². The lowest BCUT2D eigenvalue weighted by Crippen LogP contribution is -2.07. The summed E-state index contributed by atoms with van der Waals surface area (Å²) in [6, 6.07) is 7.44. The molecule has 1 aromatic carbocycles. The average molecular weight is 254 g/mol. The Hall–Kier alpha value is -1.55. The molecule has 1 aromatic rings. The number of halogens is 1. The average Bonchev–Trinajstić information content (AvgIpc) is 2.75. The van der Waals surface area contributed by atoms with E-state index in [1.165, 1.54) is 0 Å². The zero-order valence-electron chi connectivity index (χ0n) is 9.10. The summed E-state index contributed by atoms with van der Waals surface area (Å²) in [5, 5.41) is 9.21. The Labute approximate surface area is 104 Å². The normalized spacial score (nSPS) is 18.6. The van der Waals surface area contributed by atoms with E-state index in [-0.39, 0.29) is 12.5 Å². The van der Waals surface area contributed by atoms with E-state index in [9.17, 15) is 4.79 Å². The van der Waals surface area contributed by atoms with Crippen LogP contribution in [-0.4, -0.2) is 23.5 Å². The number of benzene rings is 1. The first-order valence-corrected chi connectivity index (χ1v) is 5.71. The van der Waals surface area contributed by atoms with Gasteiger partial charge in [-0.1, -0.05) is 29.8 Å². The summed E-state index contributed by atoms with van der Waals surface area (Å²) in [6.07, 6.45) is 0.178. The predicted octanol–water partition coefficient (Wildman–Crippen LogP) is 2.67. The molecule has 0 aliphatic carbocycles. The maximum atomic E-state index is 10.4. The minimum atomic E-state index is -0.850. The highest BCUT2D eigenvalue weighted by Gasteiger charge is 2.23. The molecule has 1 N–H and O–H groups in total. The van der Waals surface area contributed by atoms with Gasteiger partial charge < -0.3 is 9.84 Å². The molecule has 0 saturated heterocycles. The minimum absolute atomic E-state index is 0.0358. The first-order chi connectivity index (χ1) is 8.16. The Morgan fingerprint density at radius 2 is 2.29 bits per heavy atom. The molecule has 0 fully saturated rings. The SMILES string of the molecule is O=C(O)CCC1=NCC(c2ccccc2Cl)O1. The van der Waals surface area contributed by atoms with Gasteiger partial charge >= 0.3 is 5.97 Å². The molecule has 5 heteroatoms. The highest BCUT2D eigenvalue weighted by molar-refractivity contribution is 6.31. The lowest BCUT2D eigenvalue weighted by molar-refractivity contribution is -0.136. The third-order valence-electron chi connectivity index (χ3n) is 2.52. The molecule has 1 unspecified atom stereocenters. The first-order valence-electron chi connectivity index (χ1n) is 5.33. The fourth-order valence-corrected chi connectivity index (χ4v) is 1.93. The van der Waals surface area contributed by atoms with E-state index in [0.29, 0.717) is 23.9 Å². The largest absolute Gasteiger partial charge is 0.481 e. The van der Waals surface area contributed by atoms with E-state index in [4.69, 9.17) is 21.4 Å². The zero-order chi connectivity index (χ0) is 12.3. The van der Waals surface area contributed by atoms with E-state index < -0.39 is 5.97 Å². The third kappa shape index (κ3) is 2.97. The molecule has 4 nitrogen and oxygen atoms in total. The van der Waals surface area contributed by atoms with Gasteiger partial charge in [0.2, 0.25) is 0 Å². The minimum Gasteiger partial charge on any atom is -0.481 e.